The zero-order valence-corrected chi connectivity index (χ0v) is 17.6. The number of thioether (sulfide) groups is 1. The smallest absolute Gasteiger partial charge is 0.251 e. The van der Waals surface area contributed by atoms with Crippen LogP contribution in [0, 0.1) is 0 Å². The predicted octanol–water partition coefficient (Wildman–Crippen LogP) is 4.56. The van der Waals surface area contributed by atoms with Crippen molar-refractivity contribution < 1.29 is 14.3 Å². The fraction of sp³-hybridized carbons (Fsp3) is 0.167. The Hall–Kier alpha value is -3.45. The third kappa shape index (κ3) is 4.36. The first kappa shape index (κ1) is 19.5. The Kier molecular flexibility index (Phi) is 5.50. The maximum Gasteiger partial charge on any atom is 0.251 e. The number of benzene rings is 3. The van der Waals surface area contributed by atoms with Gasteiger partial charge in [0.2, 0.25) is 0 Å². The van der Waals surface area contributed by atoms with Crippen molar-refractivity contribution in [3.63, 3.8) is 0 Å². The van der Waals surface area contributed by atoms with E-state index in [0.717, 1.165) is 38.8 Å². The number of fused-ring (bicyclic) bond motifs is 2. The Morgan fingerprint density at radius 1 is 1.00 bits per heavy atom. The van der Waals surface area contributed by atoms with Crippen LogP contribution in [-0.2, 0) is 12.3 Å². The minimum absolute atomic E-state index is 0.101. The average molecular weight is 432 g/mol. The second-order valence-corrected chi connectivity index (χ2v) is 8.13. The normalized spacial score (nSPS) is 12.6. The number of para-hydroxylation sites is 2. The number of hydrogen-bond acceptors (Lipinski definition) is 5. The molecular weight excluding hydrogens is 410 g/mol. The lowest BCUT2D eigenvalue weighted by atomic mass is 10.1. The Morgan fingerprint density at radius 3 is 2.71 bits per heavy atom. The molecule has 31 heavy (non-hydrogen) atoms. The molecule has 0 radical (unpaired) electrons. The molecule has 6 nitrogen and oxygen atoms in total. The van der Waals surface area contributed by atoms with Crippen LogP contribution in [0.3, 0.4) is 0 Å². The molecule has 0 fully saturated rings. The van der Waals surface area contributed by atoms with Gasteiger partial charge in [-0.15, -0.1) is 0 Å². The summed E-state index contributed by atoms with van der Waals surface area (Å²) in [6.45, 7) is 1.52. The predicted molar refractivity (Wildman–Crippen MR) is 121 cm³/mol. The summed E-state index contributed by atoms with van der Waals surface area (Å²) in [6, 6.07) is 21.3. The first-order valence-corrected chi connectivity index (χ1v) is 11.1. The molecule has 0 bridgehead atoms. The number of hydrogen-bond donors (Lipinski definition) is 2. The molecule has 0 unspecified atom stereocenters. The lowest BCUT2D eigenvalue weighted by Gasteiger charge is -2.19. The van der Waals surface area contributed by atoms with Gasteiger partial charge in [0, 0.05) is 17.9 Å². The molecule has 0 saturated heterocycles. The van der Waals surface area contributed by atoms with Crippen LogP contribution < -0.4 is 14.8 Å². The minimum Gasteiger partial charge on any atom is -0.486 e. The van der Waals surface area contributed by atoms with E-state index in [1.165, 1.54) is 0 Å². The first-order valence-electron chi connectivity index (χ1n) is 10.1. The largest absolute Gasteiger partial charge is 0.486 e. The number of ether oxygens (including phenoxy) is 2. The van der Waals surface area contributed by atoms with Crippen molar-refractivity contribution >= 4 is 28.7 Å². The van der Waals surface area contributed by atoms with E-state index in [1.807, 2.05) is 66.7 Å². The van der Waals surface area contributed by atoms with Gasteiger partial charge >= 0.3 is 0 Å². The topological polar surface area (TPSA) is 76.2 Å². The first-order chi connectivity index (χ1) is 15.3. The van der Waals surface area contributed by atoms with E-state index in [9.17, 15) is 4.79 Å². The molecule has 4 aromatic rings. The summed E-state index contributed by atoms with van der Waals surface area (Å²) in [6.07, 6.45) is 0. The fourth-order valence-corrected chi connectivity index (χ4v) is 4.38. The van der Waals surface area contributed by atoms with Crippen molar-refractivity contribution in [3.05, 3.63) is 83.4 Å². The molecule has 0 aliphatic carbocycles. The third-order valence-electron chi connectivity index (χ3n) is 5.05. The Bertz CT molecular complexity index is 1200. The van der Waals surface area contributed by atoms with Crippen LogP contribution >= 0.6 is 11.8 Å². The number of carbonyl (C=O) groups excluding carboxylic acids is 1. The molecule has 5 rings (SSSR count). The molecule has 7 heteroatoms. The highest BCUT2D eigenvalue weighted by molar-refractivity contribution is 7.98. The van der Waals surface area contributed by atoms with Crippen LogP contribution in [0.2, 0.25) is 0 Å². The number of H-pyrrole nitrogens is 1. The van der Waals surface area contributed by atoms with Gasteiger partial charge in [0.1, 0.15) is 13.2 Å². The molecule has 1 amide bonds. The molecule has 1 aliphatic rings. The summed E-state index contributed by atoms with van der Waals surface area (Å²) in [5, 5.41) is 3.85. The molecular formula is C24H21N3O3S. The van der Waals surface area contributed by atoms with Crippen LogP contribution in [-0.4, -0.2) is 29.1 Å². The van der Waals surface area contributed by atoms with Gasteiger partial charge in [-0.3, -0.25) is 4.79 Å². The maximum absolute atomic E-state index is 12.9. The summed E-state index contributed by atoms with van der Waals surface area (Å²) in [5.41, 5.74) is 4.55. The van der Waals surface area contributed by atoms with E-state index >= 15 is 0 Å². The van der Waals surface area contributed by atoms with Gasteiger partial charge in [-0.1, -0.05) is 48.2 Å². The number of nitrogens with zero attached hydrogens (tertiary/aromatic N) is 1. The van der Waals surface area contributed by atoms with Crippen LogP contribution in [0.4, 0.5) is 0 Å². The fourth-order valence-electron chi connectivity index (χ4n) is 3.49. The molecule has 3 aromatic carbocycles. The number of aromatic nitrogens is 2. The number of rotatable bonds is 6. The van der Waals surface area contributed by atoms with Crippen molar-refractivity contribution in [3.8, 4) is 11.5 Å². The summed E-state index contributed by atoms with van der Waals surface area (Å²) in [7, 11) is 0. The second kappa shape index (κ2) is 8.73. The maximum atomic E-state index is 12.9. The lowest BCUT2D eigenvalue weighted by Crippen LogP contribution is -2.24. The van der Waals surface area contributed by atoms with E-state index < -0.39 is 0 Å². The van der Waals surface area contributed by atoms with Crippen LogP contribution in [0.1, 0.15) is 21.5 Å². The standard InChI is InChI=1S/C24H21N3O3S/c28-23(25-14-16-9-10-21-22(13-16)30-12-11-29-21)18-6-2-1-5-17(18)15-31-24-26-19-7-3-4-8-20(19)27-24/h1-10,13H,11-12,14-15H2,(H,25,28)(H,26,27). The van der Waals surface area contributed by atoms with Crippen LogP contribution in [0.15, 0.2) is 71.9 Å². The van der Waals surface area contributed by atoms with Crippen molar-refractivity contribution in [2.45, 2.75) is 17.5 Å². The van der Waals surface area contributed by atoms with Crippen molar-refractivity contribution in [2.24, 2.45) is 0 Å². The Morgan fingerprint density at radius 2 is 1.81 bits per heavy atom. The molecule has 156 valence electrons. The quantitative estimate of drug-likeness (QED) is 0.438. The Labute approximate surface area is 184 Å². The average Bonchev–Trinajstić information content (AvgIpc) is 3.24. The summed E-state index contributed by atoms with van der Waals surface area (Å²) >= 11 is 1.58. The zero-order valence-electron chi connectivity index (χ0n) is 16.8. The highest BCUT2D eigenvalue weighted by atomic mass is 32.2. The number of nitrogens with one attached hydrogen (secondary N) is 2. The van der Waals surface area contributed by atoms with Gasteiger partial charge in [0.15, 0.2) is 16.7 Å². The van der Waals surface area contributed by atoms with Crippen molar-refractivity contribution in [1.29, 1.82) is 0 Å². The van der Waals surface area contributed by atoms with Crippen molar-refractivity contribution in [1.82, 2.24) is 15.3 Å². The number of imidazole rings is 1. The van der Waals surface area contributed by atoms with Gasteiger partial charge in [-0.25, -0.2) is 4.98 Å². The molecule has 2 heterocycles. The highest BCUT2D eigenvalue weighted by Gasteiger charge is 2.14. The summed E-state index contributed by atoms with van der Waals surface area (Å²) in [4.78, 5) is 20.8. The monoisotopic (exact) mass is 431 g/mol. The summed E-state index contributed by atoms with van der Waals surface area (Å²) in [5.74, 6) is 2.01. The van der Waals surface area contributed by atoms with E-state index in [-0.39, 0.29) is 5.91 Å². The zero-order chi connectivity index (χ0) is 21.0. The van der Waals surface area contributed by atoms with Gasteiger partial charge < -0.3 is 19.8 Å². The van der Waals surface area contributed by atoms with Crippen LogP contribution in [0.5, 0.6) is 11.5 Å². The Balaban J connectivity index is 1.25. The molecule has 1 aromatic heterocycles. The van der Waals surface area contributed by atoms with Gasteiger partial charge in [0.25, 0.3) is 5.91 Å². The second-order valence-electron chi connectivity index (χ2n) is 7.17. The lowest BCUT2D eigenvalue weighted by molar-refractivity contribution is 0.0950. The van der Waals surface area contributed by atoms with E-state index in [0.29, 0.717) is 31.1 Å². The van der Waals surface area contributed by atoms with E-state index in [2.05, 4.69) is 15.3 Å². The van der Waals surface area contributed by atoms with Gasteiger partial charge in [0.05, 0.1) is 11.0 Å². The molecule has 2 N–H and O–H groups in total. The molecule has 0 atom stereocenters. The van der Waals surface area contributed by atoms with Gasteiger partial charge in [-0.05, 0) is 41.5 Å². The number of aromatic amines is 1. The third-order valence-corrected chi connectivity index (χ3v) is 5.98. The SMILES string of the molecule is O=C(NCc1ccc2c(c1)OCCO2)c1ccccc1CSc1nc2ccccc2[nH]1. The highest BCUT2D eigenvalue weighted by Crippen LogP contribution is 2.30. The van der Waals surface area contributed by atoms with Crippen LogP contribution in [0.25, 0.3) is 11.0 Å². The van der Waals surface area contributed by atoms with E-state index in [4.69, 9.17) is 9.47 Å². The summed E-state index contributed by atoms with van der Waals surface area (Å²) < 4.78 is 11.2. The number of carbonyl (C=O) groups is 1. The van der Waals surface area contributed by atoms with Gasteiger partial charge in [-0.2, -0.15) is 0 Å². The van der Waals surface area contributed by atoms with Crippen molar-refractivity contribution in [2.75, 3.05) is 13.2 Å². The number of amides is 1. The minimum atomic E-state index is -0.101. The molecule has 0 saturated carbocycles. The molecule has 0 spiro atoms. The molecule has 1 aliphatic heterocycles. The van der Waals surface area contributed by atoms with E-state index in [1.54, 1.807) is 11.8 Å².